The molecular formula is C11H23N3O2S. The molecule has 1 fully saturated rings. The van der Waals surface area contributed by atoms with E-state index in [1.807, 2.05) is 20.8 Å². The normalized spacial score (nSPS) is 25.7. The van der Waals surface area contributed by atoms with Crippen LogP contribution in [0.25, 0.3) is 0 Å². The highest BCUT2D eigenvalue weighted by Gasteiger charge is 2.30. The number of rotatable bonds is 4. The number of nitrogens with two attached hydrogens (primary N) is 1. The Morgan fingerprint density at radius 3 is 2.59 bits per heavy atom. The van der Waals surface area contributed by atoms with E-state index in [2.05, 4.69) is 4.90 Å². The Balaban J connectivity index is 2.52. The predicted octanol–water partition coefficient (Wildman–Crippen LogP) is 0.458. The summed E-state index contributed by atoms with van der Waals surface area (Å²) < 4.78 is 22.9. The van der Waals surface area contributed by atoms with Gasteiger partial charge in [-0.3, -0.25) is 10.3 Å². The van der Waals surface area contributed by atoms with Gasteiger partial charge in [-0.15, -0.1) is 0 Å². The molecule has 0 saturated carbocycles. The topological polar surface area (TPSA) is 87.2 Å². The lowest BCUT2D eigenvalue weighted by Gasteiger charge is -2.35. The lowest BCUT2D eigenvalue weighted by atomic mass is 9.88. The minimum Gasteiger partial charge on any atom is -0.387 e. The summed E-state index contributed by atoms with van der Waals surface area (Å²) in [6.07, 6.45) is 0.784. The van der Waals surface area contributed by atoms with E-state index in [-0.39, 0.29) is 28.8 Å². The van der Waals surface area contributed by atoms with Gasteiger partial charge in [-0.1, -0.05) is 13.8 Å². The van der Waals surface area contributed by atoms with Crippen molar-refractivity contribution in [2.45, 2.75) is 33.2 Å². The highest BCUT2D eigenvalue weighted by atomic mass is 32.2. The van der Waals surface area contributed by atoms with Crippen molar-refractivity contribution in [1.29, 1.82) is 5.41 Å². The molecule has 1 rings (SSSR count). The van der Waals surface area contributed by atoms with E-state index in [9.17, 15) is 8.42 Å². The molecule has 3 N–H and O–H groups in total. The van der Waals surface area contributed by atoms with Gasteiger partial charge in [0.15, 0.2) is 9.84 Å². The third-order valence-electron chi connectivity index (χ3n) is 3.56. The zero-order chi connectivity index (χ0) is 13.3. The monoisotopic (exact) mass is 261 g/mol. The predicted molar refractivity (Wildman–Crippen MR) is 70.0 cm³/mol. The van der Waals surface area contributed by atoms with Crippen molar-refractivity contribution in [3.8, 4) is 0 Å². The molecule has 1 unspecified atom stereocenters. The fourth-order valence-corrected chi connectivity index (χ4v) is 3.55. The van der Waals surface area contributed by atoms with Gasteiger partial charge in [-0.05, 0) is 19.9 Å². The maximum Gasteiger partial charge on any atom is 0.153 e. The van der Waals surface area contributed by atoms with Gasteiger partial charge in [-0.25, -0.2) is 8.42 Å². The molecule has 100 valence electrons. The maximum absolute atomic E-state index is 11.4. The van der Waals surface area contributed by atoms with Gasteiger partial charge >= 0.3 is 0 Å². The van der Waals surface area contributed by atoms with Crippen LogP contribution in [-0.2, 0) is 9.84 Å². The second-order valence-electron chi connectivity index (χ2n) is 5.55. The first kappa shape index (κ1) is 14.4. The van der Waals surface area contributed by atoms with Crippen LogP contribution in [0.5, 0.6) is 0 Å². The average Bonchev–Trinajstić information content (AvgIpc) is 2.14. The van der Waals surface area contributed by atoms with Crippen LogP contribution in [0.15, 0.2) is 0 Å². The Hall–Kier alpha value is -0.620. The number of hydrogen-bond donors (Lipinski definition) is 2. The minimum atomic E-state index is -2.84. The number of nitrogens with zero attached hydrogens (tertiary/aromatic N) is 1. The van der Waals surface area contributed by atoms with Gasteiger partial charge in [0, 0.05) is 18.0 Å². The minimum absolute atomic E-state index is 0.0662. The summed E-state index contributed by atoms with van der Waals surface area (Å²) in [6.45, 7) is 7.22. The van der Waals surface area contributed by atoms with Gasteiger partial charge < -0.3 is 5.73 Å². The Bertz CT molecular complexity index is 390. The SMILES string of the molecule is CC1CS(=O)(=O)CCN1CCC(C)(C)C(=N)N. The number of nitrogens with one attached hydrogen (secondary N) is 1. The van der Waals surface area contributed by atoms with Gasteiger partial charge in [0.25, 0.3) is 0 Å². The van der Waals surface area contributed by atoms with Gasteiger partial charge in [0.1, 0.15) is 0 Å². The van der Waals surface area contributed by atoms with E-state index in [0.29, 0.717) is 6.54 Å². The second kappa shape index (κ2) is 4.94. The van der Waals surface area contributed by atoms with Crippen LogP contribution in [0.1, 0.15) is 27.2 Å². The Labute approximate surface area is 104 Å². The van der Waals surface area contributed by atoms with Crippen LogP contribution < -0.4 is 5.73 Å². The first-order valence-electron chi connectivity index (χ1n) is 5.93. The highest BCUT2D eigenvalue weighted by Crippen LogP contribution is 2.22. The molecule has 0 aromatic rings. The lowest BCUT2D eigenvalue weighted by Crippen LogP contribution is -2.48. The summed E-state index contributed by atoms with van der Waals surface area (Å²) in [5.74, 6) is 0.681. The van der Waals surface area contributed by atoms with Crippen molar-refractivity contribution in [3.05, 3.63) is 0 Å². The first-order valence-corrected chi connectivity index (χ1v) is 7.75. The number of hydrogen-bond acceptors (Lipinski definition) is 4. The van der Waals surface area contributed by atoms with E-state index < -0.39 is 9.84 Å². The molecule has 0 aromatic heterocycles. The Morgan fingerprint density at radius 2 is 2.12 bits per heavy atom. The molecule has 1 aliphatic heterocycles. The van der Waals surface area contributed by atoms with Crippen LogP contribution in [0.2, 0.25) is 0 Å². The molecule has 1 aliphatic rings. The molecule has 0 amide bonds. The molecule has 0 aliphatic carbocycles. The van der Waals surface area contributed by atoms with Crippen molar-refractivity contribution in [1.82, 2.24) is 4.90 Å². The molecule has 1 saturated heterocycles. The van der Waals surface area contributed by atoms with Crippen LogP contribution in [0.3, 0.4) is 0 Å². The zero-order valence-corrected chi connectivity index (χ0v) is 11.7. The molecule has 0 aromatic carbocycles. The summed E-state index contributed by atoms with van der Waals surface area (Å²) in [4.78, 5) is 2.17. The quantitative estimate of drug-likeness (QED) is 0.568. The average molecular weight is 261 g/mol. The number of amidine groups is 1. The van der Waals surface area contributed by atoms with Crippen LogP contribution in [0, 0.1) is 10.8 Å². The van der Waals surface area contributed by atoms with Crippen LogP contribution in [0.4, 0.5) is 0 Å². The molecular weight excluding hydrogens is 238 g/mol. The Morgan fingerprint density at radius 1 is 1.53 bits per heavy atom. The smallest absolute Gasteiger partial charge is 0.153 e. The van der Waals surface area contributed by atoms with Crippen molar-refractivity contribution in [2.24, 2.45) is 11.1 Å². The molecule has 6 heteroatoms. The first-order chi connectivity index (χ1) is 7.64. The fraction of sp³-hybridized carbons (Fsp3) is 0.909. The Kier molecular flexibility index (Phi) is 4.19. The van der Waals surface area contributed by atoms with Crippen molar-refractivity contribution >= 4 is 15.7 Å². The highest BCUT2D eigenvalue weighted by molar-refractivity contribution is 7.91. The largest absolute Gasteiger partial charge is 0.387 e. The van der Waals surface area contributed by atoms with Crippen molar-refractivity contribution in [2.75, 3.05) is 24.6 Å². The van der Waals surface area contributed by atoms with E-state index >= 15 is 0 Å². The molecule has 0 bridgehead atoms. The summed E-state index contributed by atoms with van der Waals surface area (Å²) in [5, 5.41) is 7.49. The summed E-state index contributed by atoms with van der Waals surface area (Å²) in [5.41, 5.74) is 5.22. The van der Waals surface area contributed by atoms with E-state index in [1.54, 1.807) is 0 Å². The maximum atomic E-state index is 11.4. The molecule has 17 heavy (non-hydrogen) atoms. The molecule has 0 spiro atoms. The van der Waals surface area contributed by atoms with Gasteiger partial charge in [-0.2, -0.15) is 0 Å². The molecule has 5 nitrogen and oxygen atoms in total. The van der Waals surface area contributed by atoms with E-state index in [4.69, 9.17) is 11.1 Å². The van der Waals surface area contributed by atoms with Crippen LogP contribution in [-0.4, -0.2) is 49.8 Å². The zero-order valence-electron chi connectivity index (χ0n) is 10.9. The standard InChI is InChI=1S/C11H23N3O2S/c1-9-8-17(15,16)7-6-14(9)5-4-11(2,3)10(12)13/h9H,4-8H2,1-3H3,(H3,12,13). The summed E-state index contributed by atoms with van der Waals surface area (Å²) in [6, 6.07) is 0.0662. The van der Waals surface area contributed by atoms with Crippen LogP contribution >= 0.6 is 0 Å². The number of sulfone groups is 1. The summed E-state index contributed by atoms with van der Waals surface area (Å²) >= 11 is 0. The van der Waals surface area contributed by atoms with Gasteiger partial charge in [0.2, 0.25) is 0 Å². The van der Waals surface area contributed by atoms with Crippen molar-refractivity contribution in [3.63, 3.8) is 0 Å². The summed E-state index contributed by atoms with van der Waals surface area (Å²) in [7, 11) is -2.84. The molecule has 1 heterocycles. The third kappa shape index (κ3) is 3.96. The molecule has 1 atom stereocenters. The fourth-order valence-electron chi connectivity index (χ4n) is 1.92. The van der Waals surface area contributed by atoms with Gasteiger partial charge in [0.05, 0.1) is 17.3 Å². The second-order valence-corrected chi connectivity index (χ2v) is 7.78. The van der Waals surface area contributed by atoms with E-state index in [0.717, 1.165) is 13.0 Å². The lowest BCUT2D eigenvalue weighted by molar-refractivity contribution is 0.205. The van der Waals surface area contributed by atoms with E-state index in [1.165, 1.54) is 0 Å². The third-order valence-corrected chi connectivity index (χ3v) is 5.36. The molecule has 0 radical (unpaired) electrons. The van der Waals surface area contributed by atoms with Crippen molar-refractivity contribution < 1.29 is 8.42 Å².